The molecule has 11 heteroatoms. The molecule has 0 bridgehead atoms. The summed E-state index contributed by atoms with van der Waals surface area (Å²) in [6, 6.07) is 12.7. The Hall–Kier alpha value is -2.69. The molecular formula is C21H23ClN4O4S2. The number of carbonyl (C=O) groups is 1. The van der Waals surface area contributed by atoms with Crippen LogP contribution in [0.3, 0.4) is 0 Å². The van der Waals surface area contributed by atoms with Crippen LogP contribution in [0.25, 0.3) is 10.6 Å². The molecule has 170 valence electrons. The SMILES string of the molecule is CCOc1ccc(N([C@H](CC)C(=O)Nc2nnc(-c3ccc(Cl)cc3)s2)S(C)(=O)=O)cc1. The highest BCUT2D eigenvalue weighted by Gasteiger charge is 2.32. The lowest BCUT2D eigenvalue weighted by Gasteiger charge is -2.29. The summed E-state index contributed by atoms with van der Waals surface area (Å²) >= 11 is 7.10. The Morgan fingerprint density at radius 3 is 2.34 bits per heavy atom. The molecule has 0 aliphatic carbocycles. The highest BCUT2D eigenvalue weighted by atomic mass is 35.5. The Kier molecular flexibility index (Phi) is 7.70. The van der Waals surface area contributed by atoms with E-state index in [0.29, 0.717) is 28.1 Å². The molecule has 3 rings (SSSR count). The highest BCUT2D eigenvalue weighted by molar-refractivity contribution is 7.92. The van der Waals surface area contributed by atoms with Crippen molar-refractivity contribution >= 4 is 49.7 Å². The maximum atomic E-state index is 13.0. The molecule has 1 aromatic heterocycles. The quantitative estimate of drug-likeness (QED) is 0.472. The van der Waals surface area contributed by atoms with Gasteiger partial charge in [-0.05, 0) is 49.7 Å². The first-order chi connectivity index (χ1) is 15.2. The molecule has 0 saturated carbocycles. The van der Waals surface area contributed by atoms with E-state index in [4.69, 9.17) is 16.3 Å². The number of ether oxygens (including phenoxy) is 1. The van der Waals surface area contributed by atoms with E-state index in [-0.39, 0.29) is 11.6 Å². The third kappa shape index (κ3) is 5.76. The number of nitrogens with one attached hydrogen (secondary N) is 1. The minimum absolute atomic E-state index is 0.259. The lowest BCUT2D eigenvalue weighted by molar-refractivity contribution is -0.117. The van der Waals surface area contributed by atoms with Crippen LogP contribution in [0.1, 0.15) is 20.3 Å². The fourth-order valence-corrected chi connectivity index (χ4v) is 5.18. The van der Waals surface area contributed by atoms with Crippen molar-refractivity contribution in [3.05, 3.63) is 53.6 Å². The number of rotatable bonds is 9. The lowest BCUT2D eigenvalue weighted by Crippen LogP contribution is -2.47. The van der Waals surface area contributed by atoms with Crippen LogP contribution in [-0.4, -0.2) is 43.4 Å². The number of halogens is 1. The predicted octanol–water partition coefficient (Wildman–Crippen LogP) is 4.44. The third-order valence-electron chi connectivity index (χ3n) is 4.48. The maximum absolute atomic E-state index is 13.0. The topological polar surface area (TPSA) is 101 Å². The summed E-state index contributed by atoms with van der Waals surface area (Å²) in [5, 5.41) is 12.3. The van der Waals surface area contributed by atoms with Gasteiger partial charge in [0.05, 0.1) is 18.6 Å². The molecule has 1 atom stereocenters. The second kappa shape index (κ2) is 10.3. The maximum Gasteiger partial charge on any atom is 0.250 e. The largest absolute Gasteiger partial charge is 0.494 e. The Labute approximate surface area is 196 Å². The zero-order valence-corrected chi connectivity index (χ0v) is 20.2. The number of hydrogen-bond donors (Lipinski definition) is 1. The molecule has 0 spiro atoms. The van der Waals surface area contributed by atoms with Gasteiger partial charge >= 0.3 is 0 Å². The number of anilines is 2. The van der Waals surface area contributed by atoms with Crippen LogP contribution in [0.2, 0.25) is 5.02 Å². The van der Waals surface area contributed by atoms with Gasteiger partial charge in [-0.25, -0.2) is 8.42 Å². The summed E-state index contributed by atoms with van der Waals surface area (Å²) in [4.78, 5) is 13.0. The van der Waals surface area contributed by atoms with Gasteiger partial charge in [-0.3, -0.25) is 14.4 Å². The first-order valence-corrected chi connectivity index (χ1v) is 12.9. The van der Waals surface area contributed by atoms with Gasteiger partial charge in [0.1, 0.15) is 16.8 Å². The molecular weight excluding hydrogens is 472 g/mol. The first kappa shape index (κ1) is 24.0. The molecule has 0 aliphatic heterocycles. The van der Waals surface area contributed by atoms with Gasteiger partial charge in [-0.2, -0.15) is 0 Å². The predicted molar refractivity (Wildman–Crippen MR) is 128 cm³/mol. The summed E-state index contributed by atoms with van der Waals surface area (Å²) in [5.41, 5.74) is 1.18. The van der Waals surface area contributed by atoms with Crippen LogP contribution >= 0.6 is 22.9 Å². The number of nitrogens with zero attached hydrogens (tertiary/aromatic N) is 3. The minimum Gasteiger partial charge on any atom is -0.494 e. The van der Waals surface area contributed by atoms with E-state index in [1.807, 2.05) is 6.92 Å². The van der Waals surface area contributed by atoms with E-state index >= 15 is 0 Å². The van der Waals surface area contributed by atoms with Gasteiger partial charge < -0.3 is 4.74 Å². The first-order valence-electron chi connectivity index (χ1n) is 9.85. The second-order valence-electron chi connectivity index (χ2n) is 6.82. The molecule has 1 amide bonds. The van der Waals surface area contributed by atoms with E-state index in [2.05, 4.69) is 15.5 Å². The van der Waals surface area contributed by atoms with Crippen molar-refractivity contribution in [2.24, 2.45) is 0 Å². The summed E-state index contributed by atoms with van der Waals surface area (Å²) < 4.78 is 31.7. The molecule has 0 radical (unpaired) electrons. The Morgan fingerprint density at radius 1 is 1.12 bits per heavy atom. The van der Waals surface area contributed by atoms with E-state index in [1.165, 1.54) is 11.3 Å². The van der Waals surface area contributed by atoms with Gasteiger partial charge in [0.25, 0.3) is 0 Å². The Morgan fingerprint density at radius 2 is 1.78 bits per heavy atom. The van der Waals surface area contributed by atoms with Crippen molar-refractivity contribution in [1.29, 1.82) is 0 Å². The molecule has 2 aromatic carbocycles. The number of carbonyl (C=O) groups excluding carboxylic acids is 1. The molecule has 8 nitrogen and oxygen atoms in total. The summed E-state index contributed by atoms with van der Waals surface area (Å²) in [7, 11) is -3.75. The number of aromatic nitrogens is 2. The number of benzene rings is 2. The highest BCUT2D eigenvalue weighted by Crippen LogP contribution is 2.29. The van der Waals surface area contributed by atoms with Gasteiger partial charge in [0.2, 0.25) is 21.1 Å². The summed E-state index contributed by atoms with van der Waals surface area (Å²) in [6.45, 7) is 4.10. The average Bonchev–Trinajstić information content (AvgIpc) is 3.21. The Bertz CT molecular complexity index is 1170. The minimum atomic E-state index is -3.75. The fraction of sp³-hybridized carbons (Fsp3) is 0.286. The molecule has 1 heterocycles. The molecule has 0 fully saturated rings. The molecule has 0 saturated heterocycles. The van der Waals surface area contributed by atoms with E-state index in [0.717, 1.165) is 16.1 Å². The van der Waals surface area contributed by atoms with Crippen LogP contribution in [0.4, 0.5) is 10.8 Å². The molecule has 3 aromatic rings. The number of amides is 1. The van der Waals surface area contributed by atoms with E-state index < -0.39 is 22.0 Å². The van der Waals surface area contributed by atoms with Crippen molar-refractivity contribution < 1.29 is 17.9 Å². The molecule has 0 aliphatic rings. The van der Waals surface area contributed by atoms with Gasteiger partial charge in [0.15, 0.2) is 0 Å². The smallest absolute Gasteiger partial charge is 0.250 e. The number of sulfonamides is 1. The monoisotopic (exact) mass is 494 g/mol. The van der Waals surface area contributed by atoms with Crippen molar-refractivity contribution in [3.8, 4) is 16.3 Å². The normalized spacial score (nSPS) is 12.2. The fourth-order valence-electron chi connectivity index (χ4n) is 3.09. The van der Waals surface area contributed by atoms with Crippen molar-refractivity contribution in [2.75, 3.05) is 22.5 Å². The zero-order chi connectivity index (χ0) is 23.3. The van der Waals surface area contributed by atoms with Crippen LogP contribution in [0.15, 0.2) is 48.5 Å². The summed E-state index contributed by atoms with van der Waals surface area (Å²) in [6.07, 6.45) is 1.33. The van der Waals surface area contributed by atoms with E-state index in [9.17, 15) is 13.2 Å². The average molecular weight is 495 g/mol. The second-order valence-corrected chi connectivity index (χ2v) is 10.1. The molecule has 0 unspecified atom stereocenters. The van der Waals surface area contributed by atoms with Gasteiger partial charge in [-0.15, -0.1) is 10.2 Å². The molecule has 1 N–H and O–H groups in total. The van der Waals surface area contributed by atoms with Crippen molar-refractivity contribution in [2.45, 2.75) is 26.3 Å². The van der Waals surface area contributed by atoms with Crippen LogP contribution in [0.5, 0.6) is 5.75 Å². The van der Waals surface area contributed by atoms with E-state index in [1.54, 1.807) is 55.5 Å². The number of hydrogen-bond acceptors (Lipinski definition) is 7. The van der Waals surface area contributed by atoms with Gasteiger partial charge in [-0.1, -0.05) is 42.0 Å². The zero-order valence-electron chi connectivity index (χ0n) is 17.8. The van der Waals surface area contributed by atoms with Crippen LogP contribution < -0.4 is 14.4 Å². The lowest BCUT2D eigenvalue weighted by atomic mass is 10.2. The Balaban J connectivity index is 1.83. The van der Waals surface area contributed by atoms with Crippen molar-refractivity contribution in [1.82, 2.24) is 10.2 Å². The standard InChI is InChI=1S/C21H23ClN4O4S2/c1-4-18(26(32(3,28)29)16-10-12-17(13-11-16)30-5-2)19(27)23-21-25-24-20(31-21)14-6-8-15(22)9-7-14/h6-13,18H,4-5H2,1-3H3,(H,23,25,27)/t18-/m1/s1. The van der Waals surface area contributed by atoms with Gasteiger partial charge in [0, 0.05) is 10.6 Å². The third-order valence-corrected chi connectivity index (χ3v) is 6.80. The van der Waals surface area contributed by atoms with Crippen LogP contribution in [-0.2, 0) is 14.8 Å². The molecule has 32 heavy (non-hydrogen) atoms. The van der Waals surface area contributed by atoms with Crippen LogP contribution in [0, 0.1) is 0 Å². The van der Waals surface area contributed by atoms with Crippen molar-refractivity contribution in [3.63, 3.8) is 0 Å². The summed E-state index contributed by atoms with van der Waals surface area (Å²) in [5.74, 6) is 0.122.